The number of benzene rings is 1. The van der Waals surface area contributed by atoms with Crippen molar-refractivity contribution >= 4 is 11.5 Å². The van der Waals surface area contributed by atoms with E-state index < -0.39 is 0 Å². The van der Waals surface area contributed by atoms with Crippen LogP contribution in [0.2, 0.25) is 0 Å². The van der Waals surface area contributed by atoms with E-state index in [1.54, 1.807) is 0 Å². The third-order valence-corrected chi connectivity index (χ3v) is 3.36. The summed E-state index contributed by atoms with van der Waals surface area (Å²) in [6.45, 7) is 5.61. The van der Waals surface area contributed by atoms with Crippen LogP contribution in [0.4, 0.5) is 0 Å². The number of ketones is 1. The van der Waals surface area contributed by atoms with E-state index in [9.17, 15) is 4.79 Å². The molecule has 2 rings (SSSR count). The van der Waals surface area contributed by atoms with Gasteiger partial charge in [0.2, 0.25) is 0 Å². The number of dihydropyridines is 1. The molecular weight excluding hydrogens is 278 g/mol. The lowest BCUT2D eigenvalue weighted by Gasteiger charge is -2.13. The molecule has 22 heavy (non-hydrogen) atoms. The molecule has 1 aromatic carbocycles. The van der Waals surface area contributed by atoms with Gasteiger partial charge in [-0.1, -0.05) is 26.0 Å². The van der Waals surface area contributed by atoms with Gasteiger partial charge in [-0.15, -0.1) is 0 Å². The predicted octanol–water partition coefficient (Wildman–Crippen LogP) is 2.81. The molecule has 0 aliphatic carbocycles. The molecule has 1 heterocycles. The van der Waals surface area contributed by atoms with Crippen molar-refractivity contribution in [3.63, 3.8) is 0 Å². The van der Waals surface area contributed by atoms with Crippen LogP contribution in [0, 0.1) is 5.92 Å². The zero-order valence-electron chi connectivity index (χ0n) is 13.2. The Kier molecular flexibility index (Phi) is 6.22. The van der Waals surface area contributed by atoms with Crippen LogP contribution in [0.5, 0.6) is 5.75 Å². The summed E-state index contributed by atoms with van der Waals surface area (Å²) in [5.41, 5.74) is 2.25. The molecule has 118 valence electrons. The van der Waals surface area contributed by atoms with Crippen molar-refractivity contribution in [3.8, 4) is 5.75 Å². The molecule has 0 unspecified atom stereocenters. The van der Waals surface area contributed by atoms with Gasteiger partial charge in [0.15, 0.2) is 5.78 Å². The summed E-state index contributed by atoms with van der Waals surface area (Å²) in [6.07, 6.45) is 6.18. The van der Waals surface area contributed by atoms with Gasteiger partial charge in [0.1, 0.15) is 19.0 Å². The molecule has 0 amide bonds. The number of carbonyl (C=O) groups is 1. The van der Waals surface area contributed by atoms with Gasteiger partial charge in [0.25, 0.3) is 0 Å². The highest BCUT2D eigenvalue weighted by Crippen LogP contribution is 2.18. The van der Waals surface area contributed by atoms with Crippen molar-refractivity contribution in [2.45, 2.75) is 13.8 Å². The van der Waals surface area contributed by atoms with E-state index in [0.717, 1.165) is 23.6 Å². The van der Waals surface area contributed by atoms with E-state index in [4.69, 9.17) is 9.47 Å². The van der Waals surface area contributed by atoms with Crippen molar-refractivity contribution in [1.82, 2.24) is 5.32 Å². The highest BCUT2D eigenvalue weighted by molar-refractivity contribution is 5.81. The van der Waals surface area contributed by atoms with Crippen LogP contribution in [0.15, 0.2) is 42.5 Å². The van der Waals surface area contributed by atoms with Gasteiger partial charge in [-0.3, -0.25) is 4.79 Å². The molecule has 0 saturated carbocycles. The second-order valence-corrected chi connectivity index (χ2v) is 5.44. The van der Waals surface area contributed by atoms with E-state index in [1.165, 1.54) is 0 Å². The van der Waals surface area contributed by atoms with Gasteiger partial charge in [0, 0.05) is 18.2 Å². The Hall–Kier alpha value is -2.07. The van der Waals surface area contributed by atoms with Crippen LogP contribution in [-0.2, 0) is 9.53 Å². The smallest absolute Gasteiger partial charge is 0.160 e. The van der Waals surface area contributed by atoms with Gasteiger partial charge in [-0.2, -0.15) is 0 Å². The predicted molar refractivity (Wildman–Crippen MR) is 87.7 cm³/mol. The van der Waals surface area contributed by atoms with Crippen LogP contribution >= 0.6 is 0 Å². The molecule has 0 aromatic heterocycles. The molecule has 0 radical (unpaired) electrons. The molecule has 0 spiro atoms. The molecule has 0 atom stereocenters. The molecule has 1 aliphatic rings. The zero-order valence-corrected chi connectivity index (χ0v) is 13.2. The number of hydrogen-bond donors (Lipinski definition) is 1. The summed E-state index contributed by atoms with van der Waals surface area (Å²) < 4.78 is 10.9. The number of rotatable bonds is 8. The minimum atomic E-state index is 0.0195. The first-order valence-electron chi connectivity index (χ1n) is 7.61. The number of nitrogens with one attached hydrogen (secondary N) is 1. The Morgan fingerprint density at radius 1 is 1.23 bits per heavy atom. The number of ether oxygens (including phenoxy) is 2. The molecule has 1 aliphatic heterocycles. The first kappa shape index (κ1) is 16.3. The van der Waals surface area contributed by atoms with E-state index in [-0.39, 0.29) is 18.3 Å². The second-order valence-electron chi connectivity index (χ2n) is 5.44. The summed E-state index contributed by atoms with van der Waals surface area (Å²) >= 11 is 0. The number of carbonyl (C=O) groups excluding carboxylic acids is 1. The first-order valence-corrected chi connectivity index (χ1v) is 7.61. The Bertz CT molecular complexity index is 544. The maximum atomic E-state index is 11.4. The van der Waals surface area contributed by atoms with Crippen LogP contribution in [0.1, 0.15) is 19.4 Å². The topological polar surface area (TPSA) is 47.6 Å². The summed E-state index contributed by atoms with van der Waals surface area (Å²) in [7, 11) is 0. The molecule has 0 fully saturated rings. The van der Waals surface area contributed by atoms with E-state index in [0.29, 0.717) is 13.2 Å². The van der Waals surface area contributed by atoms with Gasteiger partial charge >= 0.3 is 0 Å². The van der Waals surface area contributed by atoms with E-state index in [2.05, 4.69) is 17.5 Å². The Morgan fingerprint density at radius 2 is 2.00 bits per heavy atom. The maximum absolute atomic E-state index is 11.4. The summed E-state index contributed by atoms with van der Waals surface area (Å²) in [5.74, 6) is 0.937. The van der Waals surface area contributed by atoms with Crippen molar-refractivity contribution in [2.24, 2.45) is 5.92 Å². The van der Waals surface area contributed by atoms with Crippen LogP contribution < -0.4 is 10.1 Å². The number of Topliss-reactive ketones (excluding diaryl/α,β-unsaturated/α-hetero) is 1. The highest BCUT2D eigenvalue weighted by atomic mass is 16.5. The lowest BCUT2D eigenvalue weighted by molar-refractivity contribution is -0.126. The zero-order chi connectivity index (χ0) is 15.8. The number of allylic oxidation sites excluding steroid dienone is 2. The SMILES string of the molecule is CC(C)C(=O)COCCOc1ccc(C2=CC=CCN2)cc1. The first-order chi connectivity index (χ1) is 10.7. The maximum Gasteiger partial charge on any atom is 0.160 e. The van der Waals surface area contributed by atoms with E-state index >= 15 is 0 Å². The second kappa shape index (κ2) is 8.39. The van der Waals surface area contributed by atoms with Gasteiger partial charge in [-0.25, -0.2) is 0 Å². The average Bonchev–Trinajstić information content (AvgIpc) is 2.55. The molecule has 1 N–H and O–H groups in total. The lowest BCUT2D eigenvalue weighted by Crippen LogP contribution is -2.17. The third-order valence-electron chi connectivity index (χ3n) is 3.36. The Balaban J connectivity index is 1.72. The van der Waals surface area contributed by atoms with Crippen molar-refractivity contribution in [2.75, 3.05) is 26.4 Å². The van der Waals surface area contributed by atoms with Crippen LogP contribution in [-0.4, -0.2) is 32.1 Å². The molecule has 1 aromatic rings. The minimum Gasteiger partial charge on any atom is -0.491 e. The Morgan fingerprint density at radius 3 is 2.64 bits per heavy atom. The fourth-order valence-corrected chi connectivity index (χ4v) is 1.95. The summed E-state index contributed by atoms with van der Waals surface area (Å²) in [6, 6.07) is 7.93. The van der Waals surface area contributed by atoms with Gasteiger partial charge in [0.05, 0.1) is 6.61 Å². The van der Waals surface area contributed by atoms with E-state index in [1.807, 2.05) is 44.2 Å². The van der Waals surface area contributed by atoms with Crippen molar-refractivity contribution in [3.05, 3.63) is 48.1 Å². The molecule has 4 heteroatoms. The highest BCUT2D eigenvalue weighted by Gasteiger charge is 2.06. The fraction of sp³-hybridized carbons (Fsp3) is 0.389. The van der Waals surface area contributed by atoms with Gasteiger partial charge < -0.3 is 14.8 Å². The molecular formula is C18H23NO3. The lowest BCUT2D eigenvalue weighted by atomic mass is 10.1. The molecule has 4 nitrogen and oxygen atoms in total. The largest absolute Gasteiger partial charge is 0.491 e. The normalized spacial score (nSPS) is 13.7. The number of hydrogen-bond acceptors (Lipinski definition) is 4. The third kappa shape index (κ3) is 5.04. The Labute approximate surface area is 131 Å². The quantitative estimate of drug-likeness (QED) is 0.750. The van der Waals surface area contributed by atoms with Gasteiger partial charge in [-0.05, 0) is 35.9 Å². The summed E-state index contributed by atoms with van der Waals surface area (Å²) in [5, 5.41) is 3.32. The van der Waals surface area contributed by atoms with Crippen LogP contribution in [0.3, 0.4) is 0 Å². The standard InChI is InChI=1S/C18H23NO3/c1-14(2)18(20)13-21-11-12-22-16-8-6-15(7-9-16)17-5-3-4-10-19-17/h3-9,14,19H,10-13H2,1-2H3. The molecule has 0 bridgehead atoms. The summed E-state index contributed by atoms with van der Waals surface area (Å²) in [4.78, 5) is 11.4. The van der Waals surface area contributed by atoms with Crippen molar-refractivity contribution in [1.29, 1.82) is 0 Å². The minimum absolute atomic E-state index is 0.0195. The van der Waals surface area contributed by atoms with Crippen LogP contribution in [0.25, 0.3) is 5.70 Å². The molecule has 0 saturated heterocycles. The fourth-order valence-electron chi connectivity index (χ4n) is 1.95. The monoisotopic (exact) mass is 301 g/mol. The average molecular weight is 301 g/mol. The van der Waals surface area contributed by atoms with Crippen molar-refractivity contribution < 1.29 is 14.3 Å².